The third kappa shape index (κ3) is 4.67. The van der Waals surface area contributed by atoms with Crippen molar-refractivity contribution >= 4 is 29.1 Å². The zero-order valence-electron chi connectivity index (χ0n) is 22.5. The van der Waals surface area contributed by atoms with Gasteiger partial charge in [-0.15, -0.1) is 0 Å². The standard InChI is InChI=1S/C30H25N3O7S/c1-4-38-29(35)26-17(3)31-30-32(27(26)19-6-5-18-11-12-39-24(18)14-19)28(34)25(41-30)15-21-8-10-23(40-21)22-9-7-20(33(36)37)13-16(22)2/h5-10,13-15,27H,4,11-12H2,1-3H3/b25-15-. The number of esters is 1. The Balaban J connectivity index is 1.45. The van der Waals surface area contributed by atoms with Gasteiger partial charge in [-0.2, -0.15) is 0 Å². The predicted molar refractivity (Wildman–Crippen MR) is 152 cm³/mol. The molecule has 2 aliphatic heterocycles. The molecule has 0 radical (unpaired) electrons. The number of aryl methyl sites for hydroxylation is 1. The van der Waals surface area contributed by atoms with Crippen molar-refractivity contribution in [3.05, 3.63) is 112 Å². The van der Waals surface area contributed by atoms with E-state index in [0.29, 0.717) is 49.9 Å². The molecular formula is C30H25N3O7S. The summed E-state index contributed by atoms with van der Waals surface area (Å²) in [5, 5.41) is 11.1. The lowest BCUT2D eigenvalue weighted by Crippen LogP contribution is -2.39. The Morgan fingerprint density at radius 2 is 2.05 bits per heavy atom. The molecule has 41 heavy (non-hydrogen) atoms. The van der Waals surface area contributed by atoms with Gasteiger partial charge in [0.05, 0.1) is 40.0 Å². The second-order valence-corrected chi connectivity index (χ2v) is 10.7. The van der Waals surface area contributed by atoms with Crippen LogP contribution in [0.1, 0.15) is 42.3 Å². The molecule has 0 spiro atoms. The highest BCUT2D eigenvalue weighted by Crippen LogP contribution is 2.35. The molecule has 1 unspecified atom stereocenters. The third-order valence-corrected chi connectivity index (χ3v) is 8.12. The van der Waals surface area contributed by atoms with Gasteiger partial charge in [-0.1, -0.05) is 23.5 Å². The molecule has 10 nitrogen and oxygen atoms in total. The predicted octanol–water partition coefficient (Wildman–Crippen LogP) is 4.21. The van der Waals surface area contributed by atoms with Crippen molar-refractivity contribution in [2.24, 2.45) is 4.99 Å². The van der Waals surface area contributed by atoms with Crippen LogP contribution in [0.25, 0.3) is 17.4 Å². The van der Waals surface area contributed by atoms with Crippen LogP contribution < -0.4 is 19.6 Å². The van der Waals surface area contributed by atoms with E-state index in [9.17, 15) is 19.7 Å². The number of fused-ring (bicyclic) bond motifs is 2. The molecule has 4 heterocycles. The summed E-state index contributed by atoms with van der Waals surface area (Å²) in [6, 6.07) is 13.1. The Morgan fingerprint density at radius 3 is 2.80 bits per heavy atom. The Bertz CT molecular complexity index is 1950. The average molecular weight is 572 g/mol. The maximum absolute atomic E-state index is 13.9. The van der Waals surface area contributed by atoms with E-state index in [1.807, 2.05) is 18.2 Å². The van der Waals surface area contributed by atoms with Crippen molar-refractivity contribution < 1.29 is 23.6 Å². The minimum atomic E-state index is -0.739. The van der Waals surface area contributed by atoms with Gasteiger partial charge in [0.15, 0.2) is 4.80 Å². The number of nitro groups is 1. The van der Waals surface area contributed by atoms with Crippen LogP contribution >= 0.6 is 11.3 Å². The summed E-state index contributed by atoms with van der Waals surface area (Å²) in [5.74, 6) is 1.18. The monoisotopic (exact) mass is 571 g/mol. The molecule has 11 heteroatoms. The molecular weight excluding hydrogens is 546 g/mol. The van der Waals surface area contributed by atoms with Crippen LogP contribution in [0.2, 0.25) is 0 Å². The van der Waals surface area contributed by atoms with Crippen LogP contribution in [0.15, 0.2) is 74.0 Å². The van der Waals surface area contributed by atoms with E-state index < -0.39 is 16.9 Å². The van der Waals surface area contributed by atoms with E-state index in [2.05, 4.69) is 4.99 Å². The van der Waals surface area contributed by atoms with Gasteiger partial charge in [-0.05, 0) is 61.7 Å². The smallest absolute Gasteiger partial charge is 0.338 e. The van der Waals surface area contributed by atoms with Gasteiger partial charge >= 0.3 is 5.97 Å². The number of hydrogen-bond donors (Lipinski definition) is 0. The quantitative estimate of drug-likeness (QED) is 0.193. The van der Waals surface area contributed by atoms with Crippen LogP contribution in [-0.4, -0.2) is 28.7 Å². The molecule has 0 saturated heterocycles. The van der Waals surface area contributed by atoms with Crippen LogP contribution in [0.3, 0.4) is 0 Å². The van der Waals surface area contributed by atoms with Gasteiger partial charge in [-0.3, -0.25) is 19.5 Å². The lowest BCUT2D eigenvalue weighted by atomic mass is 9.94. The average Bonchev–Trinajstić information content (AvgIpc) is 3.67. The molecule has 4 aromatic rings. The summed E-state index contributed by atoms with van der Waals surface area (Å²) in [4.78, 5) is 42.7. The molecule has 2 aromatic carbocycles. The molecule has 0 N–H and O–H groups in total. The first-order valence-electron chi connectivity index (χ1n) is 13.1. The second-order valence-electron chi connectivity index (χ2n) is 9.73. The number of thiazole rings is 1. The van der Waals surface area contributed by atoms with Gasteiger partial charge in [0.25, 0.3) is 11.2 Å². The van der Waals surface area contributed by atoms with Crippen LogP contribution in [0, 0.1) is 17.0 Å². The molecule has 0 fully saturated rings. The second kappa shape index (κ2) is 10.3. The largest absolute Gasteiger partial charge is 0.493 e. The number of nitro benzene ring substituents is 1. The van der Waals surface area contributed by atoms with Crippen molar-refractivity contribution in [1.29, 1.82) is 0 Å². The van der Waals surface area contributed by atoms with Crippen molar-refractivity contribution in [1.82, 2.24) is 4.57 Å². The summed E-state index contributed by atoms with van der Waals surface area (Å²) < 4.78 is 19.1. The molecule has 208 valence electrons. The molecule has 0 amide bonds. The fourth-order valence-corrected chi connectivity index (χ4v) is 6.23. The van der Waals surface area contributed by atoms with Crippen LogP contribution in [-0.2, 0) is 16.0 Å². The highest BCUT2D eigenvalue weighted by Gasteiger charge is 2.34. The lowest BCUT2D eigenvalue weighted by Gasteiger charge is -2.25. The van der Waals surface area contributed by atoms with E-state index in [0.717, 1.165) is 23.3 Å². The molecule has 2 aliphatic rings. The van der Waals surface area contributed by atoms with Crippen molar-refractivity contribution in [3.63, 3.8) is 0 Å². The van der Waals surface area contributed by atoms with Crippen molar-refractivity contribution in [2.45, 2.75) is 33.2 Å². The highest BCUT2D eigenvalue weighted by atomic mass is 32.1. The van der Waals surface area contributed by atoms with Gasteiger partial charge in [0.2, 0.25) is 0 Å². The minimum Gasteiger partial charge on any atom is -0.493 e. The topological polar surface area (TPSA) is 126 Å². The molecule has 0 saturated carbocycles. The Hall–Kier alpha value is -4.77. The summed E-state index contributed by atoms with van der Waals surface area (Å²) >= 11 is 1.20. The van der Waals surface area contributed by atoms with Crippen molar-refractivity contribution in [2.75, 3.05) is 13.2 Å². The first-order chi connectivity index (χ1) is 19.7. The number of carbonyl (C=O) groups excluding carboxylic acids is 1. The number of non-ortho nitro benzene ring substituents is 1. The SMILES string of the molecule is CCOC(=O)C1=C(C)N=c2s/c(=C\c3ccc(-c4ccc([N+](=O)[O-])cc4C)o3)c(=O)n2C1c1ccc2c(c1)OCC2. The number of rotatable bonds is 6. The normalized spacial score (nSPS) is 16.2. The lowest BCUT2D eigenvalue weighted by molar-refractivity contribution is -0.384. The summed E-state index contributed by atoms with van der Waals surface area (Å²) in [7, 11) is 0. The number of ether oxygens (including phenoxy) is 2. The highest BCUT2D eigenvalue weighted by molar-refractivity contribution is 7.07. The van der Waals surface area contributed by atoms with E-state index in [4.69, 9.17) is 13.9 Å². The number of benzene rings is 2. The van der Waals surface area contributed by atoms with E-state index >= 15 is 0 Å². The number of aromatic nitrogens is 1. The van der Waals surface area contributed by atoms with Gasteiger partial charge < -0.3 is 13.9 Å². The fraction of sp³-hybridized carbons (Fsp3) is 0.233. The zero-order chi connectivity index (χ0) is 28.8. The molecule has 0 bridgehead atoms. The van der Waals surface area contributed by atoms with E-state index in [-0.39, 0.29) is 17.9 Å². The van der Waals surface area contributed by atoms with Crippen LogP contribution in [0.4, 0.5) is 5.69 Å². The Kier molecular flexibility index (Phi) is 6.66. The molecule has 6 rings (SSSR count). The Labute approximate surface area is 237 Å². The van der Waals surface area contributed by atoms with E-state index in [1.54, 1.807) is 45.0 Å². The van der Waals surface area contributed by atoms with Gasteiger partial charge in [-0.25, -0.2) is 9.79 Å². The first kappa shape index (κ1) is 26.5. The van der Waals surface area contributed by atoms with Gasteiger partial charge in [0, 0.05) is 30.2 Å². The molecule has 1 atom stereocenters. The number of carbonyl (C=O) groups is 1. The first-order valence-corrected chi connectivity index (χ1v) is 13.9. The Morgan fingerprint density at radius 1 is 1.22 bits per heavy atom. The number of allylic oxidation sites excluding steroid dienone is 1. The number of hydrogen-bond acceptors (Lipinski definition) is 9. The molecule has 0 aliphatic carbocycles. The molecule has 2 aromatic heterocycles. The zero-order valence-corrected chi connectivity index (χ0v) is 23.3. The summed E-state index contributed by atoms with van der Waals surface area (Å²) in [5.41, 5.74) is 3.68. The minimum absolute atomic E-state index is 0.00103. The van der Waals surface area contributed by atoms with Gasteiger partial charge in [0.1, 0.15) is 17.3 Å². The van der Waals surface area contributed by atoms with Crippen molar-refractivity contribution in [3.8, 4) is 17.1 Å². The number of furan rings is 1. The maximum atomic E-state index is 13.9. The van der Waals surface area contributed by atoms with E-state index in [1.165, 1.54) is 28.0 Å². The third-order valence-electron chi connectivity index (χ3n) is 7.14. The summed E-state index contributed by atoms with van der Waals surface area (Å²) in [6.07, 6.45) is 2.45. The van der Waals surface area contributed by atoms with Crippen LogP contribution in [0.5, 0.6) is 5.75 Å². The fourth-order valence-electron chi connectivity index (χ4n) is 5.20. The number of nitrogens with zero attached hydrogens (tertiary/aromatic N) is 3. The maximum Gasteiger partial charge on any atom is 0.338 e. The summed E-state index contributed by atoms with van der Waals surface area (Å²) in [6.45, 7) is 6.03.